The molecule has 0 aromatic heterocycles. The van der Waals surface area contributed by atoms with E-state index in [0.717, 1.165) is 19.3 Å². The molecule has 31 heavy (non-hydrogen) atoms. The molecule has 1 unspecified atom stereocenters. The van der Waals surface area contributed by atoms with Crippen molar-refractivity contribution in [2.75, 3.05) is 19.6 Å². The van der Waals surface area contributed by atoms with Crippen LogP contribution in [-0.2, 0) is 20.8 Å². The minimum Gasteiger partial charge on any atom is -0.354 e. The summed E-state index contributed by atoms with van der Waals surface area (Å²) in [5.41, 5.74) is 1.17. The van der Waals surface area contributed by atoms with E-state index < -0.39 is 6.04 Å². The largest absolute Gasteiger partial charge is 0.354 e. The Morgan fingerprint density at radius 1 is 1.00 bits per heavy atom. The number of carbonyl (C=O) groups is 3. The van der Waals surface area contributed by atoms with Gasteiger partial charge in [-0.15, -0.1) is 0 Å². The van der Waals surface area contributed by atoms with Crippen molar-refractivity contribution in [3.63, 3.8) is 0 Å². The number of benzene rings is 1. The van der Waals surface area contributed by atoms with Gasteiger partial charge in [0, 0.05) is 32.5 Å². The Bertz CT molecular complexity index is 710. The fourth-order valence-corrected chi connectivity index (χ4v) is 3.95. The van der Waals surface area contributed by atoms with Crippen molar-refractivity contribution in [1.82, 2.24) is 15.5 Å². The van der Waals surface area contributed by atoms with Crippen LogP contribution in [0.25, 0.3) is 0 Å². The highest BCUT2D eigenvalue weighted by atomic mass is 16.2. The van der Waals surface area contributed by atoms with E-state index in [-0.39, 0.29) is 29.6 Å². The van der Waals surface area contributed by atoms with Crippen LogP contribution in [0.5, 0.6) is 0 Å². The number of likely N-dealkylation sites (tertiary alicyclic amines) is 1. The van der Waals surface area contributed by atoms with Crippen molar-refractivity contribution < 1.29 is 14.4 Å². The number of nitrogens with one attached hydrogen (secondary N) is 2. The highest BCUT2D eigenvalue weighted by Gasteiger charge is 2.33. The molecule has 6 heteroatoms. The number of piperidine rings is 1. The standard InChI is InChI=1S/C25H39N3O3/c1-18(2)16-22(29)27-24(25(31)26-17-19(3)4)21-12-14-28(15-13-21)23(30)11-10-20-8-6-5-7-9-20/h5-9,18-19,21,24H,10-17H2,1-4H3,(H,26,31)(H,27,29). The quantitative estimate of drug-likeness (QED) is 0.600. The fourth-order valence-electron chi connectivity index (χ4n) is 3.95. The molecule has 172 valence electrons. The second-order valence-corrected chi connectivity index (χ2v) is 9.49. The molecule has 0 bridgehead atoms. The molecule has 0 radical (unpaired) electrons. The third kappa shape index (κ3) is 8.72. The van der Waals surface area contributed by atoms with E-state index >= 15 is 0 Å². The van der Waals surface area contributed by atoms with Crippen molar-refractivity contribution in [3.8, 4) is 0 Å². The molecule has 1 aromatic rings. The Kier molecular flexibility index (Phi) is 10.0. The second kappa shape index (κ2) is 12.5. The van der Waals surface area contributed by atoms with Crippen LogP contribution < -0.4 is 10.6 Å². The van der Waals surface area contributed by atoms with Crippen molar-refractivity contribution in [2.24, 2.45) is 17.8 Å². The van der Waals surface area contributed by atoms with Gasteiger partial charge in [-0.05, 0) is 42.6 Å². The van der Waals surface area contributed by atoms with Crippen LogP contribution in [0.1, 0.15) is 58.9 Å². The minimum atomic E-state index is -0.536. The van der Waals surface area contributed by atoms with E-state index in [4.69, 9.17) is 0 Å². The fraction of sp³-hybridized carbons (Fsp3) is 0.640. The lowest BCUT2D eigenvalue weighted by Gasteiger charge is -2.36. The summed E-state index contributed by atoms with van der Waals surface area (Å²) in [7, 11) is 0. The molecule has 6 nitrogen and oxygen atoms in total. The number of hydrogen-bond donors (Lipinski definition) is 2. The summed E-state index contributed by atoms with van der Waals surface area (Å²) in [5.74, 6) is 0.595. The molecule has 1 aliphatic rings. The third-order valence-corrected chi connectivity index (χ3v) is 5.71. The lowest BCUT2D eigenvalue weighted by atomic mass is 9.88. The summed E-state index contributed by atoms with van der Waals surface area (Å²) in [6.07, 6.45) is 3.09. The number of carbonyl (C=O) groups excluding carboxylic acids is 3. The Labute approximate surface area is 187 Å². The van der Waals surface area contributed by atoms with Gasteiger partial charge in [-0.3, -0.25) is 14.4 Å². The van der Waals surface area contributed by atoms with Crippen LogP contribution in [0.3, 0.4) is 0 Å². The molecule has 2 N–H and O–H groups in total. The molecule has 0 aliphatic carbocycles. The molecular weight excluding hydrogens is 390 g/mol. The highest BCUT2D eigenvalue weighted by molar-refractivity contribution is 5.88. The summed E-state index contributed by atoms with van der Waals surface area (Å²) in [6, 6.07) is 9.50. The lowest BCUT2D eigenvalue weighted by Crippen LogP contribution is -2.54. The predicted molar refractivity (Wildman–Crippen MR) is 123 cm³/mol. The zero-order valence-electron chi connectivity index (χ0n) is 19.5. The smallest absolute Gasteiger partial charge is 0.242 e. The van der Waals surface area contributed by atoms with Crippen LogP contribution in [0.15, 0.2) is 30.3 Å². The van der Waals surface area contributed by atoms with Gasteiger partial charge in [0.25, 0.3) is 0 Å². The number of aryl methyl sites for hydroxylation is 1. The van der Waals surface area contributed by atoms with Gasteiger partial charge in [-0.1, -0.05) is 58.0 Å². The number of amides is 3. The topological polar surface area (TPSA) is 78.5 Å². The maximum absolute atomic E-state index is 12.8. The van der Waals surface area contributed by atoms with E-state index in [2.05, 4.69) is 10.6 Å². The predicted octanol–water partition coefficient (Wildman–Crippen LogP) is 3.16. The number of rotatable bonds is 10. The van der Waals surface area contributed by atoms with Gasteiger partial charge in [0.2, 0.25) is 17.7 Å². The van der Waals surface area contributed by atoms with Gasteiger partial charge in [0.1, 0.15) is 6.04 Å². The van der Waals surface area contributed by atoms with Crippen LogP contribution >= 0.6 is 0 Å². The summed E-state index contributed by atoms with van der Waals surface area (Å²) >= 11 is 0. The van der Waals surface area contributed by atoms with E-state index in [1.54, 1.807) is 0 Å². The Morgan fingerprint density at radius 2 is 1.65 bits per heavy atom. The molecular formula is C25H39N3O3. The SMILES string of the molecule is CC(C)CNC(=O)C(NC(=O)CC(C)C)C1CCN(C(=O)CCc2ccccc2)CC1. The van der Waals surface area contributed by atoms with Crippen molar-refractivity contribution in [3.05, 3.63) is 35.9 Å². The summed E-state index contributed by atoms with van der Waals surface area (Å²) in [6.45, 7) is 9.93. The summed E-state index contributed by atoms with van der Waals surface area (Å²) in [4.78, 5) is 39.8. The molecule has 0 saturated carbocycles. The van der Waals surface area contributed by atoms with E-state index in [0.29, 0.717) is 38.4 Å². The summed E-state index contributed by atoms with van der Waals surface area (Å²) < 4.78 is 0. The van der Waals surface area contributed by atoms with E-state index in [9.17, 15) is 14.4 Å². The Morgan fingerprint density at radius 3 is 2.23 bits per heavy atom. The average molecular weight is 430 g/mol. The Hall–Kier alpha value is -2.37. The van der Waals surface area contributed by atoms with Gasteiger partial charge in [0.05, 0.1) is 0 Å². The Balaban J connectivity index is 1.90. The monoisotopic (exact) mass is 429 g/mol. The molecule has 0 spiro atoms. The van der Waals surface area contributed by atoms with Gasteiger partial charge in [0.15, 0.2) is 0 Å². The lowest BCUT2D eigenvalue weighted by molar-refractivity contribution is -0.134. The molecule has 1 atom stereocenters. The number of hydrogen-bond acceptors (Lipinski definition) is 3. The molecule has 3 amide bonds. The second-order valence-electron chi connectivity index (χ2n) is 9.49. The average Bonchev–Trinajstić information content (AvgIpc) is 2.74. The van der Waals surface area contributed by atoms with Crippen LogP contribution in [-0.4, -0.2) is 48.3 Å². The molecule has 1 aromatic carbocycles. The van der Waals surface area contributed by atoms with Gasteiger partial charge in [-0.2, -0.15) is 0 Å². The van der Waals surface area contributed by atoms with Crippen molar-refractivity contribution in [1.29, 1.82) is 0 Å². The number of nitrogens with zero attached hydrogens (tertiary/aromatic N) is 1. The van der Waals surface area contributed by atoms with Crippen molar-refractivity contribution in [2.45, 2.75) is 65.8 Å². The molecule has 1 fully saturated rings. The van der Waals surface area contributed by atoms with Gasteiger partial charge >= 0.3 is 0 Å². The third-order valence-electron chi connectivity index (χ3n) is 5.71. The maximum atomic E-state index is 12.8. The minimum absolute atomic E-state index is 0.0430. The highest BCUT2D eigenvalue weighted by Crippen LogP contribution is 2.22. The normalized spacial score (nSPS) is 15.7. The maximum Gasteiger partial charge on any atom is 0.242 e. The van der Waals surface area contributed by atoms with Gasteiger partial charge < -0.3 is 15.5 Å². The van der Waals surface area contributed by atoms with Crippen LogP contribution in [0.4, 0.5) is 0 Å². The zero-order chi connectivity index (χ0) is 22.8. The molecule has 1 aliphatic heterocycles. The molecule has 1 heterocycles. The first-order valence-corrected chi connectivity index (χ1v) is 11.6. The van der Waals surface area contributed by atoms with E-state index in [1.165, 1.54) is 5.56 Å². The molecule has 2 rings (SSSR count). The van der Waals surface area contributed by atoms with Crippen molar-refractivity contribution >= 4 is 17.7 Å². The van der Waals surface area contributed by atoms with Crippen LogP contribution in [0, 0.1) is 17.8 Å². The zero-order valence-corrected chi connectivity index (χ0v) is 19.5. The van der Waals surface area contributed by atoms with Gasteiger partial charge in [-0.25, -0.2) is 0 Å². The van der Waals surface area contributed by atoms with E-state index in [1.807, 2.05) is 62.9 Å². The summed E-state index contributed by atoms with van der Waals surface area (Å²) in [5, 5.41) is 5.95. The first-order chi connectivity index (χ1) is 14.8. The molecule has 1 saturated heterocycles. The van der Waals surface area contributed by atoms with Crippen LogP contribution in [0.2, 0.25) is 0 Å². The first-order valence-electron chi connectivity index (χ1n) is 11.6. The first kappa shape index (κ1) is 24.9.